The zero-order chi connectivity index (χ0) is 11.7. The van der Waals surface area contributed by atoms with Gasteiger partial charge in [-0.2, -0.15) is 10.2 Å². The van der Waals surface area contributed by atoms with Crippen molar-refractivity contribution in [3.05, 3.63) is 28.1 Å². The molecule has 0 radical (unpaired) electrons. The van der Waals surface area contributed by atoms with E-state index in [9.17, 15) is 5.11 Å². The van der Waals surface area contributed by atoms with Crippen LogP contribution in [0.5, 0.6) is 0 Å². The largest absolute Gasteiger partial charge is 0.384 e. The quantitative estimate of drug-likeness (QED) is 0.786. The molecular formula is C9H12BrN5O. The van der Waals surface area contributed by atoms with E-state index in [0.717, 1.165) is 4.47 Å². The van der Waals surface area contributed by atoms with Gasteiger partial charge in [-0.05, 0) is 22.9 Å². The number of nitrogens with zero attached hydrogens (tertiary/aromatic N) is 3. The molecule has 6 nitrogen and oxygen atoms in total. The first-order chi connectivity index (χ1) is 7.65. The molecule has 1 unspecified atom stereocenters. The average molecular weight is 286 g/mol. The summed E-state index contributed by atoms with van der Waals surface area (Å²) < 4.78 is 2.46. The molecule has 0 aliphatic heterocycles. The van der Waals surface area contributed by atoms with Crippen LogP contribution in [0.15, 0.2) is 16.9 Å². The Hall–Kier alpha value is -1.34. The first-order valence-corrected chi connectivity index (χ1v) is 5.62. The van der Waals surface area contributed by atoms with Gasteiger partial charge in [-0.15, -0.1) is 0 Å². The Morgan fingerprint density at radius 2 is 2.38 bits per heavy atom. The van der Waals surface area contributed by atoms with Gasteiger partial charge in [-0.1, -0.05) is 0 Å². The summed E-state index contributed by atoms with van der Waals surface area (Å²) in [5.74, 6) is 0.364. The summed E-state index contributed by atoms with van der Waals surface area (Å²) in [5.41, 5.74) is 6.89. The van der Waals surface area contributed by atoms with Crippen molar-refractivity contribution in [3.8, 4) is 0 Å². The second-order valence-corrected chi connectivity index (χ2v) is 4.19. The number of hydrogen-bond donors (Lipinski definition) is 3. The van der Waals surface area contributed by atoms with E-state index in [0.29, 0.717) is 23.6 Å². The number of halogens is 1. The van der Waals surface area contributed by atoms with Gasteiger partial charge in [0.2, 0.25) is 0 Å². The van der Waals surface area contributed by atoms with Crippen LogP contribution in [0.2, 0.25) is 0 Å². The van der Waals surface area contributed by atoms with Gasteiger partial charge >= 0.3 is 0 Å². The van der Waals surface area contributed by atoms with E-state index in [2.05, 4.69) is 31.2 Å². The van der Waals surface area contributed by atoms with Crippen LogP contribution < -0.4 is 5.73 Å². The average Bonchev–Trinajstić information content (AvgIpc) is 2.83. The number of aryl methyl sites for hydroxylation is 1. The van der Waals surface area contributed by atoms with Crippen LogP contribution in [0.4, 0.5) is 5.82 Å². The molecule has 2 aromatic heterocycles. The van der Waals surface area contributed by atoms with E-state index in [1.807, 2.05) is 6.92 Å². The maximum absolute atomic E-state index is 10.2. The third-order valence-electron chi connectivity index (χ3n) is 2.39. The highest BCUT2D eigenvalue weighted by Crippen LogP contribution is 2.30. The van der Waals surface area contributed by atoms with E-state index < -0.39 is 6.10 Å². The van der Waals surface area contributed by atoms with Gasteiger partial charge in [0.05, 0.1) is 22.6 Å². The summed E-state index contributed by atoms with van der Waals surface area (Å²) in [6.07, 6.45) is 2.33. The molecular weight excluding hydrogens is 274 g/mol. The summed E-state index contributed by atoms with van der Waals surface area (Å²) in [5, 5.41) is 20.7. The number of hydrogen-bond acceptors (Lipinski definition) is 4. The fourth-order valence-electron chi connectivity index (χ4n) is 1.57. The molecule has 0 amide bonds. The van der Waals surface area contributed by atoms with Crippen LogP contribution in [0.3, 0.4) is 0 Å². The van der Waals surface area contributed by atoms with Gasteiger partial charge in [0, 0.05) is 12.1 Å². The number of aromatic nitrogens is 4. The molecule has 0 saturated carbocycles. The van der Waals surface area contributed by atoms with Crippen molar-refractivity contribution in [2.24, 2.45) is 0 Å². The lowest BCUT2D eigenvalue weighted by atomic mass is 10.1. The van der Waals surface area contributed by atoms with Crippen molar-refractivity contribution >= 4 is 21.7 Å². The molecule has 1 atom stereocenters. The van der Waals surface area contributed by atoms with Crippen molar-refractivity contribution in [3.63, 3.8) is 0 Å². The number of aliphatic hydroxyl groups excluding tert-OH is 1. The van der Waals surface area contributed by atoms with E-state index in [1.165, 1.54) is 6.20 Å². The predicted molar refractivity (Wildman–Crippen MR) is 62.7 cm³/mol. The molecule has 7 heteroatoms. The van der Waals surface area contributed by atoms with Crippen molar-refractivity contribution in [2.45, 2.75) is 19.6 Å². The molecule has 0 aliphatic carbocycles. The summed E-state index contributed by atoms with van der Waals surface area (Å²) in [7, 11) is 0. The van der Waals surface area contributed by atoms with Crippen molar-refractivity contribution in [1.82, 2.24) is 20.0 Å². The molecule has 2 aromatic rings. The zero-order valence-electron chi connectivity index (χ0n) is 8.68. The monoisotopic (exact) mass is 285 g/mol. The number of aromatic amines is 1. The highest BCUT2D eigenvalue weighted by molar-refractivity contribution is 9.10. The van der Waals surface area contributed by atoms with Gasteiger partial charge < -0.3 is 10.8 Å². The van der Waals surface area contributed by atoms with Crippen LogP contribution in [0.25, 0.3) is 0 Å². The first kappa shape index (κ1) is 11.2. The summed E-state index contributed by atoms with van der Waals surface area (Å²) in [6, 6.07) is 0. The van der Waals surface area contributed by atoms with Gasteiger partial charge in [0.1, 0.15) is 11.9 Å². The van der Waals surface area contributed by atoms with E-state index in [4.69, 9.17) is 5.73 Å². The number of H-pyrrole nitrogens is 1. The summed E-state index contributed by atoms with van der Waals surface area (Å²) in [4.78, 5) is 0. The van der Waals surface area contributed by atoms with Gasteiger partial charge in [-0.25, -0.2) is 0 Å². The Balaban J connectivity index is 2.44. The number of nitrogens with two attached hydrogens (primary N) is 1. The third-order valence-corrected chi connectivity index (χ3v) is 3.00. The SMILES string of the molecule is CCn1ncc(Br)c1C(O)c1cn[nH]c1N. The molecule has 0 aromatic carbocycles. The van der Waals surface area contributed by atoms with Crippen LogP contribution in [0, 0.1) is 0 Å². The molecule has 86 valence electrons. The number of nitrogens with one attached hydrogen (secondary N) is 1. The normalized spacial score (nSPS) is 12.9. The van der Waals surface area contributed by atoms with Gasteiger partial charge in [-0.3, -0.25) is 9.78 Å². The molecule has 0 bridgehead atoms. The summed E-state index contributed by atoms with van der Waals surface area (Å²) in [6.45, 7) is 2.63. The van der Waals surface area contributed by atoms with Crippen molar-refractivity contribution < 1.29 is 5.11 Å². The number of aliphatic hydroxyl groups is 1. The number of rotatable bonds is 3. The van der Waals surface area contributed by atoms with E-state index in [1.54, 1.807) is 10.9 Å². The second kappa shape index (κ2) is 4.26. The lowest BCUT2D eigenvalue weighted by molar-refractivity contribution is 0.208. The molecule has 4 N–H and O–H groups in total. The van der Waals surface area contributed by atoms with Crippen LogP contribution >= 0.6 is 15.9 Å². The minimum absolute atomic E-state index is 0.364. The molecule has 2 heterocycles. The Morgan fingerprint density at radius 3 is 2.94 bits per heavy atom. The van der Waals surface area contributed by atoms with Crippen LogP contribution in [-0.4, -0.2) is 25.1 Å². The Morgan fingerprint density at radius 1 is 1.62 bits per heavy atom. The lowest BCUT2D eigenvalue weighted by Gasteiger charge is -2.12. The highest BCUT2D eigenvalue weighted by atomic mass is 79.9. The number of anilines is 1. The maximum atomic E-state index is 10.2. The fraction of sp³-hybridized carbons (Fsp3) is 0.333. The smallest absolute Gasteiger partial charge is 0.127 e. The third kappa shape index (κ3) is 1.72. The zero-order valence-corrected chi connectivity index (χ0v) is 10.3. The standard InChI is InChI=1S/C9H12BrN5O/c1-2-15-7(6(10)4-13-15)8(16)5-3-12-14-9(5)11/h3-4,8,16H,2H2,1H3,(H3,11,12,14). The Kier molecular flexibility index (Phi) is 2.97. The van der Waals surface area contributed by atoms with E-state index >= 15 is 0 Å². The minimum atomic E-state index is -0.837. The topological polar surface area (TPSA) is 92.7 Å². The Bertz CT molecular complexity index is 492. The molecule has 0 fully saturated rings. The number of nitrogen functional groups attached to an aromatic ring is 1. The summed E-state index contributed by atoms with van der Waals surface area (Å²) >= 11 is 3.35. The second-order valence-electron chi connectivity index (χ2n) is 3.34. The minimum Gasteiger partial charge on any atom is -0.384 e. The predicted octanol–water partition coefficient (Wildman–Crippen LogP) is 1.05. The van der Waals surface area contributed by atoms with E-state index in [-0.39, 0.29) is 0 Å². The van der Waals surface area contributed by atoms with Crippen LogP contribution in [0.1, 0.15) is 24.3 Å². The first-order valence-electron chi connectivity index (χ1n) is 4.83. The maximum Gasteiger partial charge on any atom is 0.127 e. The lowest BCUT2D eigenvalue weighted by Crippen LogP contribution is -2.10. The molecule has 0 saturated heterocycles. The Labute approximate surface area is 101 Å². The van der Waals surface area contributed by atoms with Gasteiger partial charge in [0.15, 0.2) is 0 Å². The molecule has 16 heavy (non-hydrogen) atoms. The molecule has 0 spiro atoms. The molecule has 0 aliphatic rings. The highest BCUT2D eigenvalue weighted by Gasteiger charge is 2.21. The molecule has 2 rings (SSSR count). The fourth-order valence-corrected chi connectivity index (χ4v) is 2.08. The van der Waals surface area contributed by atoms with Crippen molar-refractivity contribution in [2.75, 3.05) is 5.73 Å². The van der Waals surface area contributed by atoms with Crippen LogP contribution in [-0.2, 0) is 6.54 Å². The van der Waals surface area contributed by atoms with Gasteiger partial charge in [0.25, 0.3) is 0 Å². The van der Waals surface area contributed by atoms with Crippen molar-refractivity contribution in [1.29, 1.82) is 0 Å².